The van der Waals surface area contributed by atoms with E-state index < -0.39 is 44.8 Å². The molecule has 4 aromatic carbocycles. The quantitative estimate of drug-likeness (QED) is 0.0317. The fourth-order valence-electron chi connectivity index (χ4n) is 7.67. The number of benzene rings is 4. The topological polar surface area (TPSA) is 124 Å². The molecular formula is C48H57N4O8PS. The predicted molar refractivity (Wildman–Crippen MR) is 243 cm³/mol. The third-order valence-corrected chi connectivity index (χ3v) is 13.3. The number of methoxy groups -OCH3 is 2. The molecule has 0 saturated carbocycles. The number of hydrogen-bond acceptors (Lipinski definition) is 11. The fourth-order valence-corrected chi connectivity index (χ4v) is 9.71. The standard InChI is InChI=1S/C48H57N4O8PS/c1-32(2)52(33(3)4)61(57-28-12-27-49)60-42-29-44(51-30-35(6)45(50-47(51)62)59-46(53)36-17-15-34(5)16-18-36)58-43(42)31-56-48(37-13-10-9-11-14-37,38-19-23-40(54-7)24-20-38)39-21-25-41(55-8)26-22-39/h9-11,13-26,30,32-33,42-45H,12,28-29,31H2,1-8H3,(H,50,62)/t42-,43+,44+,45?,61?/m0/s1. The molecule has 0 spiro atoms. The van der Waals surface area contributed by atoms with Crippen molar-refractivity contribution in [2.45, 2.75) is 96.7 Å². The Balaban J connectivity index is 1.37. The highest BCUT2D eigenvalue weighted by atomic mass is 32.1. The van der Waals surface area contributed by atoms with Crippen molar-refractivity contribution < 1.29 is 37.5 Å². The van der Waals surface area contributed by atoms with Gasteiger partial charge in [0.05, 0.1) is 51.6 Å². The minimum atomic E-state index is -1.65. The summed E-state index contributed by atoms with van der Waals surface area (Å²) in [4.78, 5) is 15.0. The van der Waals surface area contributed by atoms with Gasteiger partial charge >= 0.3 is 5.97 Å². The van der Waals surface area contributed by atoms with Crippen LogP contribution in [0, 0.1) is 18.3 Å². The lowest BCUT2D eigenvalue weighted by Gasteiger charge is -2.39. The third kappa shape index (κ3) is 10.8. The molecule has 0 bridgehead atoms. The zero-order chi connectivity index (χ0) is 44.4. The number of rotatable bonds is 19. The lowest BCUT2D eigenvalue weighted by molar-refractivity contribution is -0.0942. The van der Waals surface area contributed by atoms with Crippen molar-refractivity contribution in [2.24, 2.45) is 0 Å². The summed E-state index contributed by atoms with van der Waals surface area (Å²) >= 11 is 5.93. The predicted octanol–water partition coefficient (Wildman–Crippen LogP) is 9.37. The Morgan fingerprint density at radius 1 is 0.903 bits per heavy atom. The molecule has 62 heavy (non-hydrogen) atoms. The smallest absolute Gasteiger partial charge is 0.340 e. The van der Waals surface area contributed by atoms with Gasteiger partial charge in [-0.05, 0) is 107 Å². The molecule has 0 aliphatic carbocycles. The molecule has 4 aromatic rings. The summed E-state index contributed by atoms with van der Waals surface area (Å²) in [5.74, 6) is 0.966. The van der Waals surface area contributed by atoms with Gasteiger partial charge in [0.1, 0.15) is 29.4 Å². The Bertz CT molecular complexity index is 2110. The number of carbonyl (C=O) groups excluding carboxylic acids is 1. The second kappa shape index (κ2) is 21.5. The number of nitriles is 1. The lowest BCUT2D eigenvalue weighted by atomic mass is 9.80. The van der Waals surface area contributed by atoms with Crippen molar-refractivity contribution in [3.05, 3.63) is 143 Å². The van der Waals surface area contributed by atoms with Crippen molar-refractivity contribution in [2.75, 3.05) is 27.4 Å². The van der Waals surface area contributed by atoms with Crippen molar-refractivity contribution in [1.29, 1.82) is 5.26 Å². The Hall–Kier alpha value is -4.90. The van der Waals surface area contributed by atoms with E-state index in [1.54, 1.807) is 26.4 Å². The number of nitrogens with zero attached hydrogens (tertiary/aromatic N) is 3. The summed E-state index contributed by atoms with van der Waals surface area (Å²) in [6.07, 6.45) is -0.0529. The Labute approximate surface area is 372 Å². The molecular weight excluding hydrogens is 824 g/mol. The minimum absolute atomic E-state index is 0.0795. The number of ether oxygens (including phenoxy) is 5. The molecule has 0 radical (unpaired) electrons. The highest BCUT2D eigenvalue weighted by molar-refractivity contribution is 7.80. The first-order chi connectivity index (χ1) is 29.9. The summed E-state index contributed by atoms with van der Waals surface area (Å²) < 4.78 is 47.0. The van der Waals surface area contributed by atoms with E-state index in [-0.39, 0.29) is 31.7 Å². The van der Waals surface area contributed by atoms with Crippen LogP contribution in [0.1, 0.15) is 80.1 Å². The van der Waals surface area contributed by atoms with E-state index in [9.17, 15) is 10.1 Å². The average Bonchev–Trinajstić information content (AvgIpc) is 3.67. The molecule has 2 aliphatic heterocycles. The molecule has 6 rings (SSSR count). The van der Waals surface area contributed by atoms with Crippen LogP contribution in [0.2, 0.25) is 0 Å². The minimum Gasteiger partial charge on any atom is -0.497 e. The molecule has 1 N–H and O–H groups in total. The monoisotopic (exact) mass is 880 g/mol. The van der Waals surface area contributed by atoms with E-state index >= 15 is 0 Å². The lowest BCUT2D eigenvalue weighted by Crippen LogP contribution is -2.52. The van der Waals surface area contributed by atoms with Gasteiger partial charge in [0.15, 0.2) is 11.3 Å². The van der Waals surface area contributed by atoms with E-state index in [0.29, 0.717) is 28.6 Å². The van der Waals surface area contributed by atoms with E-state index in [1.165, 1.54) is 0 Å². The summed E-state index contributed by atoms with van der Waals surface area (Å²) in [5.41, 5.74) is 3.76. The molecule has 0 aromatic heterocycles. The van der Waals surface area contributed by atoms with E-state index in [1.807, 2.05) is 104 Å². The van der Waals surface area contributed by atoms with Gasteiger partial charge in [-0.2, -0.15) is 5.26 Å². The molecule has 1 fully saturated rings. The van der Waals surface area contributed by atoms with Gasteiger partial charge < -0.3 is 38.0 Å². The van der Waals surface area contributed by atoms with Crippen LogP contribution < -0.4 is 14.8 Å². The first-order valence-electron chi connectivity index (χ1n) is 20.8. The molecule has 328 valence electrons. The summed E-state index contributed by atoms with van der Waals surface area (Å²) in [5, 5.41) is 13.0. The summed E-state index contributed by atoms with van der Waals surface area (Å²) in [7, 11) is 1.63. The van der Waals surface area contributed by atoms with Crippen LogP contribution >= 0.6 is 20.7 Å². The number of aryl methyl sites for hydroxylation is 1. The van der Waals surface area contributed by atoms with Crippen molar-refractivity contribution in [3.8, 4) is 17.6 Å². The maximum atomic E-state index is 13.1. The van der Waals surface area contributed by atoms with Gasteiger partial charge in [0, 0.05) is 30.3 Å². The van der Waals surface area contributed by atoms with Gasteiger partial charge in [-0.1, -0.05) is 72.3 Å². The van der Waals surface area contributed by atoms with E-state index in [2.05, 4.69) is 55.9 Å². The molecule has 14 heteroatoms. The van der Waals surface area contributed by atoms with Crippen LogP contribution in [-0.4, -0.2) is 84.8 Å². The van der Waals surface area contributed by atoms with Crippen LogP contribution in [0.25, 0.3) is 0 Å². The molecule has 1 saturated heterocycles. The van der Waals surface area contributed by atoms with E-state index in [0.717, 1.165) is 27.8 Å². The molecule has 0 amide bonds. The SMILES string of the molecule is COc1ccc(C(OC[C@H]2O[C@@H](N3C=C(C)C(OC(=O)c4ccc(C)cc4)NC3=S)C[C@@H]2OP(OCCC#N)N(C(C)C)C(C)C)(c2ccccc2)c2ccc(OC)cc2)cc1. The molecule has 2 aliphatic rings. The van der Waals surface area contributed by atoms with Gasteiger partial charge in [-0.15, -0.1) is 0 Å². The number of esters is 1. The van der Waals surface area contributed by atoms with Crippen LogP contribution in [0.5, 0.6) is 11.5 Å². The third-order valence-electron chi connectivity index (χ3n) is 10.8. The summed E-state index contributed by atoms with van der Waals surface area (Å²) in [6, 6.07) is 35.4. The second-order valence-corrected chi connectivity index (χ2v) is 17.5. The van der Waals surface area contributed by atoms with Gasteiger partial charge in [0.2, 0.25) is 0 Å². The zero-order valence-corrected chi connectivity index (χ0v) is 38.4. The van der Waals surface area contributed by atoms with Gasteiger partial charge in [-0.3, -0.25) is 4.90 Å². The van der Waals surface area contributed by atoms with Crippen LogP contribution in [0.3, 0.4) is 0 Å². The van der Waals surface area contributed by atoms with Crippen LogP contribution in [0.15, 0.2) is 115 Å². The average molecular weight is 881 g/mol. The first kappa shape index (κ1) is 46.6. The first-order valence-corrected chi connectivity index (χ1v) is 22.4. The maximum Gasteiger partial charge on any atom is 0.340 e. The van der Waals surface area contributed by atoms with Crippen molar-refractivity contribution in [1.82, 2.24) is 14.9 Å². The maximum absolute atomic E-state index is 13.1. The Morgan fingerprint density at radius 2 is 1.48 bits per heavy atom. The summed E-state index contributed by atoms with van der Waals surface area (Å²) in [6.45, 7) is 12.6. The number of thiocarbonyl (C=S) groups is 1. The fraction of sp³-hybridized carbons (Fsp3) is 0.396. The molecule has 12 nitrogen and oxygen atoms in total. The molecule has 2 unspecified atom stereocenters. The van der Waals surface area contributed by atoms with E-state index in [4.69, 9.17) is 44.9 Å². The van der Waals surface area contributed by atoms with Gasteiger partial charge in [-0.25, -0.2) is 9.46 Å². The largest absolute Gasteiger partial charge is 0.497 e. The van der Waals surface area contributed by atoms with Gasteiger partial charge in [0.25, 0.3) is 8.53 Å². The Kier molecular flexibility index (Phi) is 16.1. The zero-order valence-electron chi connectivity index (χ0n) is 36.6. The number of hydrogen-bond donors (Lipinski definition) is 1. The Morgan fingerprint density at radius 3 is 2.03 bits per heavy atom. The van der Waals surface area contributed by atoms with Crippen LogP contribution in [-0.2, 0) is 28.9 Å². The van der Waals surface area contributed by atoms with Crippen molar-refractivity contribution in [3.63, 3.8) is 0 Å². The molecule has 2 heterocycles. The highest BCUT2D eigenvalue weighted by Gasteiger charge is 2.46. The highest BCUT2D eigenvalue weighted by Crippen LogP contribution is 2.50. The van der Waals surface area contributed by atoms with Crippen LogP contribution in [0.4, 0.5) is 0 Å². The normalized spacial score (nSPS) is 19.5. The van der Waals surface area contributed by atoms with Crippen molar-refractivity contribution >= 4 is 31.8 Å². The number of carbonyl (C=O) groups is 1. The number of nitrogens with one attached hydrogen (secondary N) is 1. The molecule has 5 atom stereocenters. The second-order valence-electron chi connectivity index (χ2n) is 15.8.